The Labute approximate surface area is 66.7 Å². The van der Waals surface area contributed by atoms with Gasteiger partial charge < -0.3 is 0 Å². The van der Waals surface area contributed by atoms with Crippen molar-refractivity contribution in [3.63, 3.8) is 0 Å². The molecule has 0 rings (SSSR count). The molecule has 1 unspecified atom stereocenters. The topological polar surface area (TPSA) is 27.0 Å². The Balaban J connectivity index is 3.75. The van der Waals surface area contributed by atoms with E-state index in [0.717, 1.165) is 0 Å². The lowest BCUT2D eigenvalue weighted by atomic mass is 10.3. The molecule has 0 aromatic heterocycles. The maximum absolute atomic E-state index is 8.45. The van der Waals surface area contributed by atoms with Crippen molar-refractivity contribution in [1.82, 2.24) is 4.90 Å². The molecule has 0 aromatic rings. The first-order chi connectivity index (χ1) is 4.57. The molecular formula is C7H11ClN2. The van der Waals surface area contributed by atoms with Crippen molar-refractivity contribution >= 4 is 11.6 Å². The van der Waals surface area contributed by atoms with Gasteiger partial charge in [-0.3, -0.25) is 4.90 Å². The first-order valence-electron chi connectivity index (χ1n) is 3.01. The minimum absolute atomic E-state index is 0.101. The molecule has 0 aromatic carbocycles. The van der Waals surface area contributed by atoms with Gasteiger partial charge in [-0.2, -0.15) is 5.26 Å². The molecule has 0 heterocycles. The Morgan fingerprint density at radius 3 is 2.70 bits per heavy atom. The molecule has 0 N–H and O–H groups in total. The Bertz CT molecular complexity index is 159. The highest BCUT2D eigenvalue weighted by Crippen LogP contribution is 2.01. The smallest absolute Gasteiger partial charge is 0.0950 e. The first-order valence-corrected chi connectivity index (χ1v) is 3.39. The van der Waals surface area contributed by atoms with E-state index >= 15 is 0 Å². The molecule has 0 radical (unpaired) electrons. The van der Waals surface area contributed by atoms with Gasteiger partial charge in [0.15, 0.2) is 0 Å². The van der Waals surface area contributed by atoms with Gasteiger partial charge in [-0.15, -0.1) is 0 Å². The van der Waals surface area contributed by atoms with E-state index in [2.05, 4.69) is 12.6 Å². The average molecular weight is 159 g/mol. The van der Waals surface area contributed by atoms with Crippen LogP contribution in [-0.2, 0) is 0 Å². The van der Waals surface area contributed by atoms with Crippen molar-refractivity contribution < 1.29 is 0 Å². The standard InChI is InChI=1S/C7H11ClN2/c1-6(8)5-10(3)7(2)4-9/h7H,1,5H2,2-3H3. The zero-order valence-corrected chi connectivity index (χ0v) is 7.02. The van der Waals surface area contributed by atoms with Crippen LogP contribution in [0.5, 0.6) is 0 Å². The van der Waals surface area contributed by atoms with Crippen LogP contribution < -0.4 is 0 Å². The van der Waals surface area contributed by atoms with Crippen LogP contribution in [-0.4, -0.2) is 24.5 Å². The highest BCUT2D eigenvalue weighted by molar-refractivity contribution is 6.29. The molecule has 0 aliphatic rings. The van der Waals surface area contributed by atoms with Crippen molar-refractivity contribution in [1.29, 1.82) is 5.26 Å². The Morgan fingerprint density at radius 1 is 1.90 bits per heavy atom. The van der Waals surface area contributed by atoms with Crippen LogP contribution in [0.1, 0.15) is 6.92 Å². The first kappa shape index (κ1) is 9.48. The Morgan fingerprint density at radius 2 is 2.40 bits per heavy atom. The van der Waals surface area contributed by atoms with Gasteiger partial charge in [0.1, 0.15) is 0 Å². The zero-order valence-electron chi connectivity index (χ0n) is 6.26. The summed E-state index contributed by atoms with van der Waals surface area (Å²) in [4.78, 5) is 1.83. The summed E-state index contributed by atoms with van der Waals surface area (Å²) in [7, 11) is 1.83. The van der Waals surface area contributed by atoms with Crippen LogP contribution >= 0.6 is 11.6 Å². The summed E-state index contributed by atoms with van der Waals surface area (Å²) in [5.74, 6) is 0. The van der Waals surface area contributed by atoms with Crippen molar-refractivity contribution in [2.75, 3.05) is 13.6 Å². The largest absolute Gasteiger partial charge is 0.286 e. The molecule has 1 atom stereocenters. The molecule has 2 nitrogen and oxygen atoms in total. The molecule has 0 aliphatic heterocycles. The Hall–Kier alpha value is -0.520. The molecule has 0 fully saturated rings. The van der Waals surface area contributed by atoms with E-state index in [0.29, 0.717) is 11.6 Å². The second-order valence-corrected chi connectivity index (χ2v) is 2.77. The molecule has 0 saturated carbocycles. The minimum Gasteiger partial charge on any atom is -0.286 e. The van der Waals surface area contributed by atoms with Crippen LogP contribution in [0.25, 0.3) is 0 Å². The number of hydrogen-bond acceptors (Lipinski definition) is 2. The van der Waals surface area contributed by atoms with E-state index in [1.807, 2.05) is 18.9 Å². The summed E-state index contributed by atoms with van der Waals surface area (Å²) in [6, 6.07) is 1.99. The van der Waals surface area contributed by atoms with Gasteiger partial charge in [0.05, 0.1) is 12.1 Å². The van der Waals surface area contributed by atoms with Crippen LogP contribution in [0, 0.1) is 11.3 Å². The van der Waals surface area contributed by atoms with Gasteiger partial charge in [-0.05, 0) is 14.0 Å². The third-order valence-corrected chi connectivity index (χ3v) is 1.39. The summed E-state index contributed by atoms with van der Waals surface area (Å²) in [6.07, 6.45) is 0. The van der Waals surface area contributed by atoms with Crippen molar-refractivity contribution in [3.8, 4) is 6.07 Å². The number of likely N-dealkylation sites (N-methyl/N-ethyl adjacent to an activating group) is 1. The van der Waals surface area contributed by atoms with Gasteiger partial charge in [0.25, 0.3) is 0 Å². The molecule has 0 amide bonds. The fourth-order valence-corrected chi connectivity index (χ4v) is 0.695. The van der Waals surface area contributed by atoms with E-state index < -0.39 is 0 Å². The van der Waals surface area contributed by atoms with Crippen LogP contribution in [0.2, 0.25) is 0 Å². The second-order valence-electron chi connectivity index (χ2n) is 2.24. The van der Waals surface area contributed by atoms with Crippen LogP contribution in [0.15, 0.2) is 11.6 Å². The molecule has 56 valence electrons. The summed E-state index contributed by atoms with van der Waals surface area (Å²) in [5, 5.41) is 9.01. The minimum atomic E-state index is -0.101. The lowest BCUT2D eigenvalue weighted by molar-refractivity contribution is 0.333. The third kappa shape index (κ3) is 3.49. The summed E-state index contributed by atoms with van der Waals surface area (Å²) in [5.41, 5.74) is 0. The summed E-state index contributed by atoms with van der Waals surface area (Å²) in [6.45, 7) is 5.91. The predicted molar refractivity (Wildman–Crippen MR) is 42.7 cm³/mol. The predicted octanol–water partition coefficient (Wildman–Crippen LogP) is 1.58. The molecule has 0 spiro atoms. The lowest BCUT2D eigenvalue weighted by Gasteiger charge is -2.17. The van der Waals surface area contributed by atoms with Crippen molar-refractivity contribution in [2.45, 2.75) is 13.0 Å². The average Bonchev–Trinajstić information content (AvgIpc) is 1.85. The normalized spacial score (nSPS) is 12.7. The SMILES string of the molecule is C=C(Cl)CN(C)C(C)C#N. The summed E-state index contributed by atoms with van der Waals surface area (Å²) >= 11 is 5.53. The number of nitriles is 1. The quantitative estimate of drug-likeness (QED) is 0.624. The highest BCUT2D eigenvalue weighted by atomic mass is 35.5. The van der Waals surface area contributed by atoms with Gasteiger partial charge >= 0.3 is 0 Å². The van der Waals surface area contributed by atoms with E-state index in [1.54, 1.807) is 0 Å². The molecule has 10 heavy (non-hydrogen) atoms. The van der Waals surface area contributed by atoms with Gasteiger partial charge in [-0.1, -0.05) is 18.2 Å². The molecule has 0 saturated heterocycles. The monoisotopic (exact) mass is 158 g/mol. The van der Waals surface area contributed by atoms with E-state index in [1.165, 1.54) is 0 Å². The fourth-order valence-electron chi connectivity index (χ4n) is 0.506. The second kappa shape index (κ2) is 4.32. The van der Waals surface area contributed by atoms with E-state index in [-0.39, 0.29) is 6.04 Å². The molecule has 0 bridgehead atoms. The lowest BCUT2D eigenvalue weighted by Crippen LogP contribution is -2.28. The fraction of sp³-hybridized carbons (Fsp3) is 0.571. The molecule has 0 aliphatic carbocycles. The van der Waals surface area contributed by atoms with E-state index in [9.17, 15) is 0 Å². The van der Waals surface area contributed by atoms with E-state index in [4.69, 9.17) is 16.9 Å². The van der Waals surface area contributed by atoms with Gasteiger partial charge in [-0.25, -0.2) is 0 Å². The van der Waals surface area contributed by atoms with Gasteiger partial charge in [0, 0.05) is 11.6 Å². The molecule has 3 heteroatoms. The van der Waals surface area contributed by atoms with Gasteiger partial charge in [0.2, 0.25) is 0 Å². The van der Waals surface area contributed by atoms with Crippen LogP contribution in [0.4, 0.5) is 0 Å². The zero-order chi connectivity index (χ0) is 8.15. The van der Waals surface area contributed by atoms with Crippen LogP contribution in [0.3, 0.4) is 0 Å². The Kier molecular flexibility index (Phi) is 4.10. The number of halogens is 1. The number of hydrogen-bond donors (Lipinski definition) is 0. The van der Waals surface area contributed by atoms with Crippen molar-refractivity contribution in [2.24, 2.45) is 0 Å². The summed E-state index contributed by atoms with van der Waals surface area (Å²) < 4.78 is 0. The third-order valence-electron chi connectivity index (χ3n) is 1.27. The highest BCUT2D eigenvalue weighted by Gasteiger charge is 2.06. The maximum atomic E-state index is 8.45. The number of nitrogens with zero attached hydrogens (tertiary/aromatic N) is 2. The number of rotatable bonds is 3. The maximum Gasteiger partial charge on any atom is 0.0950 e. The molecular weight excluding hydrogens is 148 g/mol. The van der Waals surface area contributed by atoms with Crippen molar-refractivity contribution in [3.05, 3.63) is 11.6 Å².